The van der Waals surface area contributed by atoms with Crippen molar-refractivity contribution < 1.29 is 0 Å². The molecule has 0 unspecified atom stereocenters. The lowest BCUT2D eigenvalue weighted by Crippen LogP contribution is -2.08. The summed E-state index contributed by atoms with van der Waals surface area (Å²) in [6, 6.07) is 5.27. The number of amidine groups is 1. The first kappa shape index (κ1) is 8.52. The van der Waals surface area contributed by atoms with Gasteiger partial charge in [0.1, 0.15) is 11.7 Å². The Kier molecular flexibility index (Phi) is 2.63. The lowest BCUT2D eigenvalue weighted by atomic mass is 10.4. The minimum atomic E-state index is 0.458. The van der Waals surface area contributed by atoms with Gasteiger partial charge in [0, 0.05) is 6.42 Å². The van der Waals surface area contributed by atoms with Gasteiger partial charge in [-0.2, -0.15) is 0 Å². The Morgan fingerprint density at radius 2 is 2.33 bits per heavy atom. The Balaban J connectivity index is 2.89. The second-order valence-electron chi connectivity index (χ2n) is 2.38. The molecule has 0 saturated heterocycles. The summed E-state index contributed by atoms with van der Waals surface area (Å²) in [6.07, 6.45) is 0.719. The molecule has 4 N–H and O–H groups in total. The highest BCUT2D eigenvalue weighted by Gasteiger charge is 1.92. The average molecular weight is 164 g/mol. The molecule has 0 saturated carbocycles. The number of aliphatic imine (C=N–C) groups is 1. The van der Waals surface area contributed by atoms with Crippen LogP contribution in [0.3, 0.4) is 0 Å². The molecule has 0 aromatic carbocycles. The van der Waals surface area contributed by atoms with Crippen molar-refractivity contribution in [3.63, 3.8) is 0 Å². The Morgan fingerprint density at radius 3 is 2.92 bits per heavy atom. The lowest BCUT2D eigenvalue weighted by molar-refractivity contribution is 1.20. The molecule has 1 aromatic heterocycles. The second-order valence-corrected chi connectivity index (χ2v) is 2.38. The molecule has 0 aliphatic rings. The van der Waals surface area contributed by atoms with E-state index in [9.17, 15) is 0 Å². The highest BCUT2D eigenvalue weighted by molar-refractivity contribution is 5.82. The van der Waals surface area contributed by atoms with Crippen molar-refractivity contribution in [1.82, 2.24) is 4.98 Å². The molecule has 0 aliphatic heterocycles. The van der Waals surface area contributed by atoms with E-state index in [-0.39, 0.29) is 0 Å². The maximum Gasteiger partial charge on any atom is 0.156 e. The summed E-state index contributed by atoms with van der Waals surface area (Å²) in [5, 5.41) is 0. The van der Waals surface area contributed by atoms with E-state index in [0.29, 0.717) is 17.5 Å². The zero-order valence-corrected chi connectivity index (χ0v) is 6.99. The Morgan fingerprint density at radius 1 is 1.58 bits per heavy atom. The summed E-state index contributed by atoms with van der Waals surface area (Å²) in [5.74, 6) is 1.59. The summed E-state index contributed by atoms with van der Waals surface area (Å²) in [6.45, 7) is 1.94. The van der Waals surface area contributed by atoms with Crippen LogP contribution in [-0.4, -0.2) is 10.8 Å². The van der Waals surface area contributed by atoms with Crippen molar-refractivity contribution in [2.45, 2.75) is 13.3 Å². The summed E-state index contributed by atoms with van der Waals surface area (Å²) in [4.78, 5) is 8.01. The molecule has 0 aliphatic carbocycles. The van der Waals surface area contributed by atoms with Crippen molar-refractivity contribution >= 4 is 17.5 Å². The van der Waals surface area contributed by atoms with E-state index >= 15 is 0 Å². The number of anilines is 1. The van der Waals surface area contributed by atoms with Gasteiger partial charge in [-0.05, 0) is 12.1 Å². The van der Waals surface area contributed by atoms with Crippen LogP contribution in [0.4, 0.5) is 11.6 Å². The standard InChI is InChI=1S/C8H12N4/c1-2-6(9)11-8-5-3-4-7(10)12-8/h3-5H,2H2,1H3,(H4,9,10,11,12). The summed E-state index contributed by atoms with van der Waals surface area (Å²) in [7, 11) is 0. The van der Waals surface area contributed by atoms with Crippen LogP contribution in [0.2, 0.25) is 0 Å². The van der Waals surface area contributed by atoms with Gasteiger partial charge in [0.05, 0.1) is 0 Å². The highest BCUT2D eigenvalue weighted by atomic mass is 15.0. The number of nitrogens with zero attached hydrogens (tertiary/aromatic N) is 2. The number of hydrogen-bond acceptors (Lipinski definition) is 3. The van der Waals surface area contributed by atoms with E-state index in [2.05, 4.69) is 9.98 Å². The highest BCUT2D eigenvalue weighted by Crippen LogP contribution is 2.09. The largest absolute Gasteiger partial charge is 0.387 e. The maximum atomic E-state index is 5.52. The summed E-state index contributed by atoms with van der Waals surface area (Å²) in [5.41, 5.74) is 11.0. The normalized spacial score (nSPS) is 11.6. The number of aromatic nitrogens is 1. The van der Waals surface area contributed by atoms with Crippen molar-refractivity contribution in [1.29, 1.82) is 0 Å². The molecule has 4 heteroatoms. The maximum absolute atomic E-state index is 5.52. The van der Waals surface area contributed by atoms with Gasteiger partial charge >= 0.3 is 0 Å². The van der Waals surface area contributed by atoms with Crippen LogP contribution in [0.5, 0.6) is 0 Å². The number of hydrogen-bond donors (Lipinski definition) is 2. The van der Waals surface area contributed by atoms with Crippen LogP contribution >= 0.6 is 0 Å². The third-order valence-corrected chi connectivity index (χ3v) is 1.38. The minimum Gasteiger partial charge on any atom is -0.387 e. The fourth-order valence-electron chi connectivity index (χ4n) is 0.728. The average Bonchev–Trinajstić information content (AvgIpc) is 2.04. The van der Waals surface area contributed by atoms with Gasteiger partial charge < -0.3 is 11.5 Å². The van der Waals surface area contributed by atoms with E-state index in [1.54, 1.807) is 18.2 Å². The molecule has 1 aromatic rings. The van der Waals surface area contributed by atoms with Crippen LogP contribution in [0.15, 0.2) is 23.2 Å². The Labute approximate surface area is 71.3 Å². The molecule has 1 rings (SSSR count). The van der Waals surface area contributed by atoms with Crippen LogP contribution < -0.4 is 11.5 Å². The van der Waals surface area contributed by atoms with E-state index < -0.39 is 0 Å². The molecule has 0 spiro atoms. The van der Waals surface area contributed by atoms with Crippen LogP contribution in [0, 0.1) is 0 Å². The van der Waals surface area contributed by atoms with Crippen LogP contribution in [-0.2, 0) is 0 Å². The van der Waals surface area contributed by atoms with Gasteiger partial charge in [-0.1, -0.05) is 13.0 Å². The first-order valence-corrected chi connectivity index (χ1v) is 3.78. The fraction of sp³-hybridized carbons (Fsp3) is 0.250. The summed E-state index contributed by atoms with van der Waals surface area (Å²) < 4.78 is 0. The van der Waals surface area contributed by atoms with Crippen molar-refractivity contribution in [3.8, 4) is 0 Å². The minimum absolute atomic E-state index is 0.458. The van der Waals surface area contributed by atoms with Crippen molar-refractivity contribution in [2.75, 3.05) is 5.73 Å². The predicted molar refractivity (Wildman–Crippen MR) is 50.2 cm³/mol. The van der Waals surface area contributed by atoms with Crippen molar-refractivity contribution in [3.05, 3.63) is 18.2 Å². The zero-order valence-electron chi connectivity index (χ0n) is 6.99. The van der Waals surface area contributed by atoms with Gasteiger partial charge in [0.25, 0.3) is 0 Å². The fourth-order valence-corrected chi connectivity index (χ4v) is 0.728. The first-order chi connectivity index (χ1) is 5.72. The number of nitrogen functional groups attached to an aromatic ring is 1. The van der Waals surface area contributed by atoms with Gasteiger partial charge in [-0.3, -0.25) is 0 Å². The smallest absolute Gasteiger partial charge is 0.156 e. The van der Waals surface area contributed by atoms with Gasteiger partial charge in [0.2, 0.25) is 0 Å². The molecule has 0 radical (unpaired) electrons. The third-order valence-electron chi connectivity index (χ3n) is 1.38. The van der Waals surface area contributed by atoms with Crippen molar-refractivity contribution in [2.24, 2.45) is 10.7 Å². The SMILES string of the molecule is CC/C(N)=N/c1cccc(N)n1. The molecule has 0 amide bonds. The van der Waals surface area contributed by atoms with E-state index in [1.807, 2.05) is 6.92 Å². The second kappa shape index (κ2) is 3.71. The van der Waals surface area contributed by atoms with Gasteiger partial charge in [-0.15, -0.1) is 0 Å². The molecule has 0 atom stereocenters. The molecule has 0 bridgehead atoms. The molecule has 64 valence electrons. The topological polar surface area (TPSA) is 77.3 Å². The van der Waals surface area contributed by atoms with E-state index in [0.717, 1.165) is 6.42 Å². The number of pyridine rings is 1. The van der Waals surface area contributed by atoms with E-state index in [1.165, 1.54) is 0 Å². The quantitative estimate of drug-likeness (QED) is 0.507. The predicted octanol–water partition coefficient (Wildman–Crippen LogP) is 1.06. The van der Waals surface area contributed by atoms with Crippen LogP contribution in [0.25, 0.3) is 0 Å². The molecule has 12 heavy (non-hydrogen) atoms. The number of nitrogens with two attached hydrogens (primary N) is 2. The van der Waals surface area contributed by atoms with Gasteiger partial charge in [-0.25, -0.2) is 9.98 Å². The molecule has 0 fully saturated rings. The molecule has 1 heterocycles. The molecular weight excluding hydrogens is 152 g/mol. The number of rotatable bonds is 2. The zero-order chi connectivity index (χ0) is 8.97. The Bertz CT molecular complexity index is 293. The van der Waals surface area contributed by atoms with Gasteiger partial charge in [0.15, 0.2) is 5.82 Å². The lowest BCUT2D eigenvalue weighted by Gasteiger charge is -1.96. The van der Waals surface area contributed by atoms with E-state index in [4.69, 9.17) is 11.5 Å². The monoisotopic (exact) mass is 164 g/mol. The molecular formula is C8H12N4. The molecule has 4 nitrogen and oxygen atoms in total. The Hall–Kier alpha value is -1.58. The first-order valence-electron chi connectivity index (χ1n) is 3.78. The van der Waals surface area contributed by atoms with Crippen LogP contribution in [0.1, 0.15) is 13.3 Å². The third kappa shape index (κ3) is 2.23. The summed E-state index contributed by atoms with van der Waals surface area (Å²) >= 11 is 0.